The Morgan fingerprint density at radius 2 is 2.08 bits per heavy atom. The van der Waals surface area contributed by atoms with Gasteiger partial charge in [0.05, 0.1) is 17.6 Å². The molecule has 1 amide bonds. The van der Waals surface area contributed by atoms with Gasteiger partial charge in [-0.3, -0.25) is 4.79 Å². The van der Waals surface area contributed by atoms with Gasteiger partial charge in [-0.1, -0.05) is 24.6 Å². The lowest BCUT2D eigenvalue weighted by Gasteiger charge is -2.18. The van der Waals surface area contributed by atoms with Gasteiger partial charge in [0.1, 0.15) is 11.6 Å². The number of hydrogen-bond donors (Lipinski definition) is 0. The molecule has 0 saturated heterocycles. The van der Waals surface area contributed by atoms with E-state index in [0.717, 1.165) is 24.3 Å². The number of halogens is 2. The van der Waals surface area contributed by atoms with Crippen molar-refractivity contribution in [2.45, 2.75) is 26.4 Å². The van der Waals surface area contributed by atoms with Crippen molar-refractivity contribution >= 4 is 28.5 Å². The number of imidazole rings is 1. The van der Waals surface area contributed by atoms with Crippen LogP contribution in [-0.2, 0) is 13.1 Å². The molecule has 0 atom stereocenters. The molecule has 2 aromatic carbocycles. The number of hydrogen-bond acceptors (Lipinski definition) is 2. The summed E-state index contributed by atoms with van der Waals surface area (Å²) in [5.41, 5.74) is 2.01. The van der Waals surface area contributed by atoms with E-state index in [2.05, 4.69) is 11.9 Å². The van der Waals surface area contributed by atoms with Gasteiger partial charge in [0.25, 0.3) is 5.91 Å². The SMILES string of the molecule is CCCn1c(CN(C)C(=O)c2cccc(Cl)c2)nc2cc(F)ccc21. The standard InChI is InChI=1S/C19H19ClFN3O/c1-3-9-24-17-8-7-15(21)11-16(17)22-18(24)12-23(2)19(25)13-5-4-6-14(20)10-13/h4-8,10-11H,3,9,12H2,1-2H3. The summed E-state index contributed by atoms with van der Waals surface area (Å²) in [7, 11) is 1.72. The molecule has 1 heterocycles. The molecular weight excluding hydrogens is 341 g/mol. The van der Waals surface area contributed by atoms with Gasteiger partial charge in [-0.25, -0.2) is 9.37 Å². The van der Waals surface area contributed by atoms with Gasteiger partial charge in [-0.05, 0) is 36.8 Å². The van der Waals surface area contributed by atoms with Crippen LogP contribution in [0.5, 0.6) is 0 Å². The van der Waals surface area contributed by atoms with E-state index in [1.807, 2.05) is 4.57 Å². The van der Waals surface area contributed by atoms with E-state index in [-0.39, 0.29) is 11.7 Å². The molecule has 0 radical (unpaired) electrons. The predicted molar refractivity (Wildman–Crippen MR) is 97.2 cm³/mol. The highest BCUT2D eigenvalue weighted by Gasteiger charge is 2.17. The van der Waals surface area contributed by atoms with Crippen LogP contribution in [0.3, 0.4) is 0 Å². The minimum Gasteiger partial charge on any atom is -0.334 e. The molecule has 0 fully saturated rings. The lowest BCUT2D eigenvalue weighted by molar-refractivity contribution is 0.0780. The van der Waals surface area contributed by atoms with Gasteiger partial charge in [0.2, 0.25) is 0 Å². The molecule has 0 N–H and O–H groups in total. The number of fused-ring (bicyclic) bond motifs is 1. The molecule has 0 spiro atoms. The molecule has 0 aliphatic heterocycles. The van der Waals surface area contributed by atoms with Crippen molar-refractivity contribution in [2.75, 3.05) is 7.05 Å². The highest BCUT2D eigenvalue weighted by molar-refractivity contribution is 6.30. The smallest absolute Gasteiger partial charge is 0.254 e. The van der Waals surface area contributed by atoms with Crippen LogP contribution in [0.1, 0.15) is 29.5 Å². The topological polar surface area (TPSA) is 38.1 Å². The van der Waals surface area contributed by atoms with E-state index in [0.29, 0.717) is 22.6 Å². The van der Waals surface area contributed by atoms with Gasteiger partial charge in [-0.2, -0.15) is 0 Å². The number of amides is 1. The summed E-state index contributed by atoms with van der Waals surface area (Å²) in [5, 5.41) is 0.521. The summed E-state index contributed by atoms with van der Waals surface area (Å²) in [6, 6.07) is 11.4. The Labute approximate surface area is 150 Å². The molecule has 4 nitrogen and oxygen atoms in total. The van der Waals surface area contributed by atoms with Gasteiger partial charge in [0.15, 0.2) is 0 Å². The van der Waals surface area contributed by atoms with E-state index in [1.54, 1.807) is 42.3 Å². The predicted octanol–water partition coefficient (Wildman–Crippen LogP) is 4.51. The summed E-state index contributed by atoms with van der Waals surface area (Å²) >= 11 is 5.97. The van der Waals surface area contributed by atoms with E-state index < -0.39 is 0 Å². The first-order valence-electron chi connectivity index (χ1n) is 8.15. The van der Waals surface area contributed by atoms with Gasteiger partial charge < -0.3 is 9.47 Å². The third kappa shape index (κ3) is 3.66. The molecule has 130 valence electrons. The monoisotopic (exact) mass is 359 g/mol. The summed E-state index contributed by atoms with van der Waals surface area (Å²) < 4.78 is 15.5. The van der Waals surface area contributed by atoms with E-state index in [1.165, 1.54) is 12.1 Å². The quantitative estimate of drug-likeness (QED) is 0.672. The van der Waals surface area contributed by atoms with Crippen LogP contribution in [0.2, 0.25) is 5.02 Å². The average Bonchev–Trinajstić information content (AvgIpc) is 2.91. The lowest BCUT2D eigenvalue weighted by atomic mass is 10.2. The maximum Gasteiger partial charge on any atom is 0.254 e. The Morgan fingerprint density at radius 3 is 2.80 bits per heavy atom. The zero-order valence-corrected chi connectivity index (χ0v) is 14.9. The number of benzene rings is 2. The zero-order valence-electron chi connectivity index (χ0n) is 14.2. The Bertz CT molecular complexity index is 922. The third-order valence-electron chi connectivity index (χ3n) is 4.03. The highest BCUT2D eigenvalue weighted by atomic mass is 35.5. The molecule has 0 bridgehead atoms. The molecule has 0 unspecified atom stereocenters. The number of carbonyl (C=O) groups is 1. The van der Waals surface area contributed by atoms with E-state index in [9.17, 15) is 9.18 Å². The second-order valence-electron chi connectivity index (χ2n) is 5.98. The fraction of sp³-hybridized carbons (Fsp3) is 0.263. The number of nitrogens with zero attached hydrogens (tertiary/aromatic N) is 3. The Hall–Kier alpha value is -2.40. The molecule has 0 saturated carbocycles. The van der Waals surface area contributed by atoms with Crippen molar-refractivity contribution in [3.63, 3.8) is 0 Å². The normalized spacial score (nSPS) is 11.0. The van der Waals surface area contributed by atoms with Crippen molar-refractivity contribution in [3.8, 4) is 0 Å². The molecule has 1 aromatic heterocycles. The minimum atomic E-state index is -0.316. The maximum atomic E-state index is 13.5. The molecule has 3 aromatic rings. The first-order chi connectivity index (χ1) is 12.0. The van der Waals surface area contributed by atoms with Crippen molar-refractivity contribution < 1.29 is 9.18 Å². The summed E-state index contributed by atoms with van der Waals surface area (Å²) in [4.78, 5) is 18.7. The summed E-state index contributed by atoms with van der Waals surface area (Å²) in [6.07, 6.45) is 0.918. The van der Waals surface area contributed by atoms with Crippen LogP contribution < -0.4 is 0 Å². The molecule has 3 rings (SSSR count). The van der Waals surface area contributed by atoms with Crippen LogP contribution >= 0.6 is 11.6 Å². The van der Waals surface area contributed by atoms with Gasteiger partial charge >= 0.3 is 0 Å². The summed E-state index contributed by atoms with van der Waals surface area (Å²) in [5.74, 6) is 0.285. The number of carbonyl (C=O) groups excluding carboxylic acids is 1. The van der Waals surface area contributed by atoms with Crippen LogP contribution in [0.4, 0.5) is 4.39 Å². The van der Waals surface area contributed by atoms with Crippen molar-refractivity contribution in [3.05, 3.63) is 64.7 Å². The van der Waals surface area contributed by atoms with Crippen LogP contribution in [0.25, 0.3) is 11.0 Å². The van der Waals surface area contributed by atoms with Crippen LogP contribution in [0.15, 0.2) is 42.5 Å². The largest absolute Gasteiger partial charge is 0.334 e. The maximum absolute atomic E-state index is 13.5. The lowest BCUT2D eigenvalue weighted by Crippen LogP contribution is -2.27. The average molecular weight is 360 g/mol. The first-order valence-corrected chi connectivity index (χ1v) is 8.53. The number of aryl methyl sites for hydroxylation is 1. The molecular formula is C19H19ClFN3O. The molecule has 0 aliphatic carbocycles. The Balaban J connectivity index is 1.91. The Morgan fingerprint density at radius 1 is 1.28 bits per heavy atom. The number of rotatable bonds is 5. The number of aromatic nitrogens is 2. The van der Waals surface area contributed by atoms with Crippen molar-refractivity contribution in [2.24, 2.45) is 0 Å². The molecule has 6 heteroatoms. The molecule has 0 aliphatic rings. The highest BCUT2D eigenvalue weighted by Crippen LogP contribution is 2.20. The fourth-order valence-electron chi connectivity index (χ4n) is 2.87. The minimum absolute atomic E-state index is 0.135. The fourth-order valence-corrected chi connectivity index (χ4v) is 3.06. The second kappa shape index (κ2) is 7.23. The van der Waals surface area contributed by atoms with Crippen LogP contribution in [0, 0.1) is 5.82 Å². The zero-order chi connectivity index (χ0) is 18.0. The molecule has 25 heavy (non-hydrogen) atoms. The van der Waals surface area contributed by atoms with Gasteiger partial charge in [-0.15, -0.1) is 0 Å². The van der Waals surface area contributed by atoms with E-state index in [4.69, 9.17) is 11.6 Å². The summed E-state index contributed by atoms with van der Waals surface area (Å²) in [6.45, 7) is 3.16. The first kappa shape index (κ1) is 17.4. The van der Waals surface area contributed by atoms with Crippen molar-refractivity contribution in [1.82, 2.24) is 14.5 Å². The van der Waals surface area contributed by atoms with Gasteiger partial charge in [0, 0.05) is 30.2 Å². The Kier molecular flexibility index (Phi) is 5.04. The second-order valence-corrected chi connectivity index (χ2v) is 6.42. The van der Waals surface area contributed by atoms with E-state index >= 15 is 0 Å². The van der Waals surface area contributed by atoms with Crippen LogP contribution in [-0.4, -0.2) is 27.4 Å². The third-order valence-corrected chi connectivity index (χ3v) is 4.27. The van der Waals surface area contributed by atoms with Crippen molar-refractivity contribution in [1.29, 1.82) is 0 Å².